The van der Waals surface area contributed by atoms with Crippen molar-refractivity contribution < 1.29 is 8.42 Å². The number of hydrogen-bond donors (Lipinski definition) is 2. The number of nitrogens with one attached hydrogen (secondary N) is 2. The first kappa shape index (κ1) is 10.4. The molecule has 0 aromatic carbocycles. The molecule has 0 aromatic rings. The molecule has 4 nitrogen and oxygen atoms in total. The molecule has 2 atom stereocenters. The summed E-state index contributed by atoms with van der Waals surface area (Å²) >= 11 is 0. The molecule has 14 heavy (non-hydrogen) atoms. The lowest BCUT2D eigenvalue weighted by Gasteiger charge is -2.06. The lowest BCUT2D eigenvalue weighted by molar-refractivity contribution is 0.552. The van der Waals surface area contributed by atoms with E-state index in [0.29, 0.717) is 18.9 Å². The van der Waals surface area contributed by atoms with Gasteiger partial charge in [0, 0.05) is 6.54 Å². The smallest absolute Gasteiger partial charge is 0.211 e. The molecule has 0 aromatic heterocycles. The Kier molecular flexibility index (Phi) is 2.81. The van der Waals surface area contributed by atoms with E-state index in [1.807, 2.05) is 6.92 Å². The molecule has 2 rings (SSSR count). The van der Waals surface area contributed by atoms with Gasteiger partial charge in [0.2, 0.25) is 10.0 Å². The highest BCUT2D eigenvalue weighted by molar-refractivity contribution is 7.89. The van der Waals surface area contributed by atoms with Crippen LogP contribution in [-0.4, -0.2) is 33.8 Å². The summed E-state index contributed by atoms with van der Waals surface area (Å²) in [6, 6.07) is 0. The molecule has 2 fully saturated rings. The fraction of sp³-hybridized carbons (Fsp3) is 1.00. The van der Waals surface area contributed by atoms with Crippen LogP contribution in [0.5, 0.6) is 0 Å². The summed E-state index contributed by atoms with van der Waals surface area (Å²) in [5.41, 5.74) is 0. The number of hydrogen-bond acceptors (Lipinski definition) is 3. The van der Waals surface area contributed by atoms with Gasteiger partial charge in [-0.05, 0) is 37.3 Å². The van der Waals surface area contributed by atoms with E-state index in [9.17, 15) is 8.42 Å². The third-order valence-electron chi connectivity index (χ3n) is 3.28. The first-order chi connectivity index (χ1) is 6.64. The quantitative estimate of drug-likeness (QED) is 0.671. The van der Waals surface area contributed by atoms with Gasteiger partial charge in [0.15, 0.2) is 0 Å². The van der Waals surface area contributed by atoms with Gasteiger partial charge in [-0.2, -0.15) is 0 Å². The molecule has 2 unspecified atom stereocenters. The minimum Gasteiger partial charge on any atom is -0.316 e. The fourth-order valence-corrected chi connectivity index (χ4v) is 3.54. The molecule has 1 aliphatic carbocycles. The van der Waals surface area contributed by atoms with Crippen molar-refractivity contribution >= 4 is 10.0 Å². The second-order valence-electron chi connectivity index (χ2n) is 4.32. The van der Waals surface area contributed by atoms with Gasteiger partial charge in [0.05, 0.1) is 5.75 Å². The summed E-state index contributed by atoms with van der Waals surface area (Å²) in [5.74, 6) is 2.33. The lowest BCUT2D eigenvalue weighted by Crippen LogP contribution is -2.30. The van der Waals surface area contributed by atoms with Gasteiger partial charge < -0.3 is 5.32 Å². The van der Waals surface area contributed by atoms with Crippen LogP contribution < -0.4 is 10.0 Å². The Morgan fingerprint density at radius 1 is 1.36 bits per heavy atom. The summed E-state index contributed by atoms with van der Waals surface area (Å²) in [7, 11) is -2.99. The molecule has 0 bridgehead atoms. The van der Waals surface area contributed by atoms with Crippen LogP contribution in [0.1, 0.15) is 13.3 Å². The summed E-state index contributed by atoms with van der Waals surface area (Å²) in [4.78, 5) is 0. The molecule has 1 aliphatic heterocycles. The number of sulfonamides is 1. The molecular weight excluding hydrogens is 200 g/mol. The maximum absolute atomic E-state index is 11.4. The van der Waals surface area contributed by atoms with Gasteiger partial charge in [0.1, 0.15) is 0 Å². The second kappa shape index (κ2) is 3.79. The van der Waals surface area contributed by atoms with Crippen molar-refractivity contribution in [1.82, 2.24) is 10.0 Å². The number of rotatable bonds is 5. The topological polar surface area (TPSA) is 58.2 Å². The van der Waals surface area contributed by atoms with Crippen LogP contribution >= 0.6 is 0 Å². The van der Waals surface area contributed by atoms with Crippen LogP contribution in [0, 0.1) is 17.8 Å². The van der Waals surface area contributed by atoms with Crippen LogP contribution in [0.4, 0.5) is 0 Å². The minimum absolute atomic E-state index is 0.257. The second-order valence-corrected chi connectivity index (χ2v) is 6.24. The summed E-state index contributed by atoms with van der Waals surface area (Å²) < 4.78 is 25.4. The van der Waals surface area contributed by atoms with Crippen LogP contribution in [0.3, 0.4) is 0 Å². The predicted octanol–water partition coefficient (Wildman–Crippen LogP) is -0.219. The molecular formula is C9H18N2O2S. The van der Waals surface area contributed by atoms with Gasteiger partial charge in [-0.25, -0.2) is 13.1 Å². The zero-order chi connectivity index (χ0) is 10.2. The van der Waals surface area contributed by atoms with Crippen molar-refractivity contribution in [2.24, 2.45) is 17.8 Å². The van der Waals surface area contributed by atoms with Gasteiger partial charge in [0.25, 0.3) is 0 Å². The molecule has 0 radical (unpaired) electrons. The first-order valence-electron chi connectivity index (χ1n) is 5.32. The van der Waals surface area contributed by atoms with Crippen LogP contribution in [0.15, 0.2) is 0 Å². The summed E-state index contributed by atoms with van der Waals surface area (Å²) in [6.45, 7) is 4.68. The van der Waals surface area contributed by atoms with E-state index >= 15 is 0 Å². The number of piperidine rings is 1. The lowest BCUT2D eigenvalue weighted by atomic mass is 10.3. The van der Waals surface area contributed by atoms with Crippen molar-refractivity contribution in [2.45, 2.75) is 13.3 Å². The Morgan fingerprint density at radius 3 is 2.57 bits per heavy atom. The Balaban J connectivity index is 1.73. The Morgan fingerprint density at radius 2 is 2.00 bits per heavy atom. The third kappa shape index (κ3) is 2.10. The summed E-state index contributed by atoms with van der Waals surface area (Å²) in [6.07, 6.45) is 0.689. The molecule has 1 saturated carbocycles. The third-order valence-corrected chi connectivity index (χ3v) is 4.83. The zero-order valence-corrected chi connectivity index (χ0v) is 9.31. The average Bonchev–Trinajstić information content (AvgIpc) is 2.57. The highest BCUT2D eigenvalue weighted by atomic mass is 32.2. The van der Waals surface area contributed by atoms with Crippen molar-refractivity contribution in [3.8, 4) is 0 Å². The Hall–Kier alpha value is -0.130. The first-order valence-corrected chi connectivity index (χ1v) is 6.97. The van der Waals surface area contributed by atoms with Crippen molar-refractivity contribution in [3.05, 3.63) is 0 Å². The maximum Gasteiger partial charge on any atom is 0.211 e. The van der Waals surface area contributed by atoms with Crippen LogP contribution in [-0.2, 0) is 10.0 Å². The predicted molar refractivity (Wildman–Crippen MR) is 55.4 cm³/mol. The Labute approximate surface area is 85.5 Å². The SMILES string of the molecule is CCCS(=O)(=O)NCC1C2CNCC21. The molecule has 2 N–H and O–H groups in total. The van der Waals surface area contributed by atoms with E-state index < -0.39 is 10.0 Å². The van der Waals surface area contributed by atoms with E-state index in [1.54, 1.807) is 0 Å². The normalized spacial score (nSPS) is 35.6. The molecule has 2 aliphatic rings. The van der Waals surface area contributed by atoms with E-state index in [1.165, 1.54) is 0 Å². The summed E-state index contributed by atoms with van der Waals surface area (Å²) in [5, 5.41) is 3.30. The van der Waals surface area contributed by atoms with E-state index in [0.717, 1.165) is 24.9 Å². The van der Waals surface area contributed by atoms with Crippen molar-refractivity contribution in [3.63, 3.8) is 0 Å². The standard InChI is InChI=1S/C9H18N2O2S/c1-2-3-14(12,13)11-6-9-7-4-10-5-8(7)9/h7-11H,2-6H2,1H3. The molecule has 5 heteroatoms. The van der Waals surface area contributed by atoms with Crippen LogP contribution in [0.2, 0.25) is 0 Å². The average molecular weight is 218 g/mol. The fourth-order valence-electron chi connectivity index (χ4n) is 2.41. The highest BCUT2D eigenvalue weighted by Crippen LogP contribution is 2.48. The van der Waals surface area contributed by atoms with E-state index in [4.69, 9.17) is 0 Å². The van der Waals surface area contributed by atoms with Gasteiger partial charge in [-0.15, -0.1) is 0 Å². The molecule has 1 saturated heterocycles. The molecule has 0 spiro atoms. The van der Waals surface area contributed by atoms with Crippen molar-refractivity contribution in [2.75, 3.05) is 25.4 Å². The van der Waals surface area contributed by atoms with Gasteiger partial charge >= 0.3 is 0 Å². The largest absolute Gasteiger partial charge is 0.316 e. The minimum atomic E-state index is -2.99. The van der Waals surface area contributed by atoms with Crippen LogP contribution in [0.25, 0.3) is 0 Å². The Bertz CT molecular complexity index is 292. The van der Waals surface area contributed by atoms with E-state index in [-0.39, 0.29) is 5.75 Å². The highest BCUT2D eigenvalue weighted by Gasteiger charge is 2.52. The van der Waals surface area contributed by atoms with Crippen molar-refractivity contribution in [1.29, 1.82) is 0 Å². The monoisotopic (exact) mass is 218 g/mol. The molecule has 1 heterocycles. The zero-order valence-electron chi connectivity index (χ0n) is 8.49. The van der Waals surface area contributed by atoms with Gasteiger partial charge in [-0.1, -0.05) is 6.92 Å². The molecule has 0 amide bonds. The van der Waals surface area contributed by atoms with Gasteiger partial charge in [-0.3, -0.25) is 0 Å². The number of fused-ring (bicyclic) bond motifs is 1. The van der Waals surface area contributed by atoms with E-state index in [2.05, 4.69) is 10.0 Å². The maximum atomic E-state index is 11.4. The molecule has 82 valence electrons.